The average molecular weight is 565 g/mol. The van der Waals surface area contributed by atoms with Gasteiger partial charge in [-0.05, 0) is 44.4 Å². The van der Waals surface area contributed by atoms with Gasteiger partial charge in [-0.3, -0.25) is 4.90 Å². The molecule has 3 fully saturated rings. The number of benzene rings is 1. The number of halogens is 3. The molecule has 11 heteroatoms. The Morgan fingerprint density at radius 2 is 2.12 bits per heavy atom. The molecule has 0 amide bonds. The lowest BCUT2D eigenvalue weighted by Gasteiger charge is -2.41. The number of anilines is 2. The normalized spacial score (nSPS) is 29.0. The summed E-state index contributed by atoms with van der Waals surface area (Å²) in [5.74, 6) is 1.57. The highest BCUT2D eigenvalue weighted by molar-refractivity contribution is 5.90. The van der Waals surface area contributed by atoms with Crippen molar-refractivity contribution in [3.8, 4) is 18.4 Å². The van der Waals surface area contributed by atoms with E-state index in [1.165, 1.54) is 12.3 Å². The molecule has 0 bridgehead atoms. The molecule has 0 aliphatic carbocycles. The molecule has 41 heavy (non-hydrogen) atoms. The van der Waals surface area contributed by atoms with Gasteiger partial charge in [0.15, 0.2) is 5.82 Å². The minimum Gasteiger partial charge on any atom is -0.461 e. The van der Waals surface area contributed by atoms with Crippen LogP contribution in [-0.2, 0) is 6.42 Å². The molecule has 8 nitrogen and oxygen atoms in total. The van der Waals surface area contributed by atoms with E-state index in [-0.39, 0.29) is 41.9 Å². The molecular weight excluding hydrogens is 533 g/mol. The van der Waals surface area contributed by atoms with E-state index >= 15 is 4.39 Å². The zero-order chi connectivity index (χ0) is 28.5. The van der Waals surface area contributed by atoms with Crippen molar-refractivity contribution in [3.63, 3.8) is 0 Å². The van der Waals surface area contributed by atoms with Gasteiger partial charge in [-0.1, -0.05) is 12.0 Å². The zero-order valence-corrected chi connectivity index (χ0v) is 22.7. The minimum absolute atomic E-state index is 0.00104. The Hall–Kier alpha value is -3.62. The number of aliphatic hydroxyl groups is 1. The van der Waals surface area contributed by atoms with Gasteiger partial charge in [0.1, 0.15) is 35.6 Å². The Morgan fingerprint density at radius 1 is 1.27 bits per heavy atom. The van der Waals surface area contributed by atoms with Gasteiger partial charge in [0.25, 0.3) is 0 Å². The van der Waals surface area contributed by atoms with Gasteiger partial charge < -0.3 is 20.1 Å². The zero-order valence-electron chi connectivity index (χ0n) is 22.7. The smallest absolute Gasteiger partial charge is 0.317 e. The number of hydrogen-bond donors (Lipinski definition) is 2. The number of terminal acetylenes is 1. The third kappa shape index (κ3) is 4.18. The lowest BCUT2D eigenvalue weighted by Crippen LogP contribution is -2.46. The first-order valence-corrected chi connectivity index (χ1v) is 14.2. The largest absolute Gasteiger partial charge is 0.461 e. The number of pyridine rings is 1. The van der Waals surface area contributed by atoms with E-state index in [4.69, 9.17) is 16.1 Å². The maximum Gasteiger partial charge on any atom is 0.317 e. The van der Waals surface area contributed by atoms with E-state index in [0.29, 0.717) is 35.4 Å². The molecule has 5 atom stereocenters. The second kappa shape index (κ2) is 9.74. The van der Waals surface area contributed by atoms with Gasteiger partial charge in [-0.2, -0.15) is 4.98 Å². The van der Waals surface area contributed by atoms with Gasteiger partial charge >= 0.3 is 6.01 Å². The molecule has 4 aliphatic rings. The molecule has 214 valence electrons. The van der Waals surface area contributed by atoms with E-state index in [0.717, 1.165) is 32.4 Å². The highest BCUT2D eigenvalue weighted by Gasteiger charge is 2.49. The predicted octanol–water partition coefficient (Wildman–Crippen LogP) is 3.91. The first-order valence-electron chi connectivity index (χ1n) is 14.2. The van der Waals surface area contributed by atoms with Gasteiger partial charge in [-0.25, -0.2) is 23.1 Å². The molecule has 3 saturated heterocycles. The molecule has 1 aromatic carbocycles. The molecule has 4 aliphatic heterocycles. The molecule has 2 unspecified atom stereocenters. The van der Waals surface area contributed by atoms with Crippen molar-refractivity contribution in [1.82, 2.24) is 19.9 Å². The topological polar surface area (TPSA) is 86.6 Å². The van der Waals surface area contributed by atoms with Gasteiger partial charge in [0.05, 0.1) is 34.3 Å². The lowest BCUT2D eigenvalue weighted by atomic mass is 9.90. The standard InChI is InChI=1S/C30H31F3N6O2/c1-3-19-21(32)6-5-17-11-22(40)26(35-24(17)19)27-23(33)25-20(28(36-27)39-10-7-16(39)2)13-34-29(37-25)41-15-30-8-4-9-38(30)14-18(31)12-30/h1,5-6,13,16,18,22,26,35,40H,4,7-12,14-15H2,2H3/t16-,18+,22?,26?,30-/m0/s1. The van der Waals surface area contributed by atoms with Gasteiger partial charge in [0.2, 0.25) is 0 Å². The molecule has 3 aromatic rings. The van der Waals surface area contributed by atoms with E-state index < -0.39 is 35.5 Å². The Kier molecular flexibility index (Phi) is 6.24. The fraction of sp³-hybridized carbons (Fsp3) is 0.500. The van der Waals surface area contributed by atoms with Crippen LogP contribution in [0, 0.1) is 24.0 Å². The van der Waals surface area contributed by atoms with Crippen LogP contribution in [0.4, 0.5) is 24.7 Å². The number of hydrogen-bond acceptors (Lipinski definition) is 8. The van der Waals surface area contributed by atoms with Crippen molar-refractivity contribution in [3.05, 3.63) is 46.8 Å². The second-order valence-corrected chi connectivity index (χ2v) is 11.7. The summed E-state index contributed by atoms with van der Waals surface area (Å²) < 4.78 is 51.1. The molecular formula is C30H31F3N6O2. The first-order chi connectivity index (χ1) is 19.8. The summed E-state index contributed by atoms with van der Waals surface area (Å²) in [6, 6.07) is 2.01. The third-order valence-corrected chi connectivity index (χ3v) is 9.28. The highest BCUT2D eigenvalue weighted by atomic mass is 19.1. The van der Waals surface area contributed by atoms with Crippen molar-refractivity contribution < 1.29 is 23.0 Å². The van der Waals surface area contributed by atoms with Crippen molar-refractivity contribution in [2.24, 2.45) is 0 Å². The van der Waals surface area contributed by atoms with Crippen molar-refractivity contribution in [1.29, 1.82) is 0 Å². The van der Waals surface area contributed by atoms with Gasteiger partial charge in [0, 0.05) is 38.2 Å². The van der Waals surface area contributed by atoms with Crippen molar-refractivity contribution >= 4 is 22.4 Å². The fourth-order valence-corrected chi connectivity index (χ4v) is 6.96. The monoisotopic (exact) mass is 564 g/mol. The highest BCUT2D eigenvalue weighted by Crippen LogP contribution is 2.42. The summed E-state index contributed by atoms with van der Waals surface area (Å²) in [6.07, 6.45) is 8.44. The maximum atomic E-state index is 16.4. The van der Waals surface area contributed by atoms with Crippen LogP contribution >= 0.6 is 0 Å². The number of nitrogens with one attached hydrogen (secondary N) is 1. The predicted molar refractivity (Wildman–Crippen MR) is 148 cm³/mol. The van der Waals surface area contributed by atoms with E-state index in [1.807, 2.05) is 4.90 Å². The number of fused-ring (bicyclic) bond motifs is 3. The fourth-order valence-electron chi connectivity index (χ4n) is 6.96. The molecule has 2 N–H and O–H groups in total. The van der Waals surface area contributed by atoms with Crippen LogP contribution in [0.15, 0.2) is 18.3 Å². The van der Waals surface area contributed by atoms with Crippen LogP contribution in [0.2, 0.25) is 0 Å². The summed E-state index contributed by atoms with van der Waals surface area (Å²) in [7, 11) is 0. The minimum atomic E-state index is -1.05. The quantitative estimate of drug-likeness (QED) is 0.452. The number of ether oxygens (including phenoxy) is 1. The van der Waals surface area contributed by atoms with E-state index in [2.05, 4.69) is 33.0 Å². The molecule has 7 rings (SSSR count). The summed E-state index contributed by atoms with van der Waals surface area (Å²) >= 11 is 0. The van der Waals surface area contributed by atoms with Gasteiger partial charge in [-0.15, -0.1) is 6.42 Å². The molecule has 2 aromatic heterocycles. The van der Waals surface area contributed by atoms with Crippen LogP contribution in [0.5, 0.6) is 6.01 Å². The summed E-state index contributed by atoms with van der Waals surface area (Å²) in [5.41, 5.74) is 0.586. The number of aromatic nitrogens is 3. The van der Waals surface area contributed by atoms with E-state index in [9.17, 15) is 13.9 Å². The number of rotatable bonds is 5. The van der Waals surface area contributed by atoms with Crippen LogP contribution in [0.1, 0.15) is 55.5 Å². The summed E-state index contributed by atoms with van der Waals surface area (Å²) in [6.45, 7) is 4.22. The lowest BCUT2D eigenvalue weighted by molar-refractivity contribution is 0.107. The summed E-state index contributed by atoms with van der Waals surface area (Å²) in [5, 5.41) is 14.6. The van der Waals surface area contributed by atoms with Crippen LogP contribution in [-0.4, -0.2) is 75.1 Å². The Morgan fingerprint density at radius 3 is 2.88 bits per heavy atom. The SMILES string of the molecule is C#Cc1c(F)ccc2c1NC(c1nc(N3CC[C@@H]3C)c3cnc(OC[C@@]45CCCN4C[C@H](F)C5)nc3c1F)C(O)C2. The molecule has 0 saturated carbocycles. The Balaban J connectivity index is 1.28. The number of aliphatic hydroxyl groups excluding tert-OH is 1. The molecule has 6 heterocycles. The Bertz CT molecular complexity index is 1580. The third-order valence-electron chi connectivity index (χ3n) is 9.28. The second-order valence-electron chi connectivity index (χ2n) is 11.7. The van der Waals surface area contributed by atoms with Crippen LogP contribution in [0.25, 0.3) is 10.9 Å². The Labute approximate surface area is 235 Å². The van der Waals surface area contributed by atoms with E-state index in [1.54, 1.807) is 6.07 Å². The first kappa shape index (κ1) is 26.3. The molecule has 0 radical (unpaired) electrons. The van der Waals surface area contributed by atoms with Crippen LogP contribution in [0.3, 0.4) is 0 Å². The average Bonchev–Trinajstić information content (AvgIpc) is 3.48. The van der Waals surface area contributed by atoms with Crippen molar-refractivity contribution in [2.75, 3.05) is 36.5 Å². The number of nitrogens with zero attached hydrogens (tertiary/aromatic N) is 5. The molecule has 0 spiro atoms. The summed E-state index contributed by atoms with van der Waals surface area (Å²) in [4.78, 5) is 17.7. The maximum absolute atomic E-state index is 16.4. The van der Waals surface area contributed by atoms with Crippen LogP contribution < -0.4 is 15.0 Å². The van der Waals surface area contributed by atoms with Crippen molar-refractivity contribution in [2.45, 2.75) is 68.9 Å². The number of alkyl halides is 1.